The lowest BCUT2D eigenvalue weighted by Gasteiger charge is -2.27. The van der Waals surface area contributed by atoms with Crippen LogP contribution in [0, 0.1) is 5.92 Å². The fraction of sp³-hybridized carbons (Fsp3) is 0.909. The lowest BCUT2D eigenvalue weighted by Crippen LogP contribution is -2.30. The summed E-state index contributed by atoms with van der Waals surface area (Å²) in [7, 11) is 0. The van der Waals surface area contributed by atoms with Crippen LogP contribution >= 0.6 is 0 Å². The molecule has 0 aromatic rings. The lowest BCUT2D eigenvalue weighted by atomic mass is 9.84. The second kappa shape index (κ2) is 6.02. The molecule has 3 nitrogen and oxygen atoms in total. The van der Waals surface area contributed by atoms with Gasteiger partial charge in [-0.25, -0.2) is 0 Å². The molecule has 1 fully saturated rings. The van der Waals surface area contributed by atoms with E-state index >= 15 is 0 Å². The normalized spacial score (nSPS) is 27.3. The summed E-state index contributed by atoms with van der Waals surface area (Å²) in [6, 6.07) is 0. The second-order valence-electron chi connectivity index (χ2n) is 4.10. The molecule has 1 aliphatic carbocycles. The number of amides is 1. The van der Waals surface area contributed by atoms with E-state index in [4.69, 9.17) is 0 Å². The zero-order chi connectivity index (χ0) is 10.4. The number of hydrogen-bond acceptors (Lipinski definition) is 2. The molecule has 0 saturated heterocycles. The highest BCUT2D eigenvalue weighted by Crippen LogP contribution is 2.26. The van der Waals surface area contributed by atoms with Crippen molar-refractivity contribution < 1.29 is 9.90 Å². The molecule has 82 valence electrons. The van der Waals surface area contributed by atoms with Crippen LogP contribution in [-0.4, -0.2) is 23.7 Å². The molecule has 0 aromatic heterocycles. The van der Waals surface area contributed by atoms with Crippen molar-refractivity contribution in [3.05, 3.63) is 0 Å². The van der Waals surface area contributed by atoms with E-state index in [1.54, 1.807) is 0 Å². The number of aliphatic hydroxyl groups is 1. The maximum atomic E-state index is 11.0. The Morgan fingerprint density at radius 1 is 1.43 bits per heavy atom. The highest BCUT2D eigenvalue weighted by Gasteiger charge is 2.22. The topological polar surface area (TPSA) is 49.3 Å². The first-order valence-corrected chi connectivity index (χ1v) is 5.68. The minimum Gasteiger partial charge on any atom is -0.393 e. The Balaban J connectivity index is 2.13. The largest absolute Gasteiger partial charge is 0.393 e. The monoisotopic (exact) mass is 199 g/mol. The Hall–Kier alpha value is -0.570. The molecule has 1 aliphatic rings. The summed E-state index contributed by atoms with van der Waals surface area (Å²) in [5.74, 6) is 0.510. The molecule has 14 heavy (non-hydrogen) atoms. The summed E-state index contributed by atoms with van der Waals surface area (Å²) < 4.78 is 0. The molecule has 1 amide bonds. The molecule has 0 radical (unpaired) electrons. The average Bonchev–Trinajstić information content (AvgIpc) is 2.20. The predicted molar refractivity (Wildman–Crippen MR) is 55.9 cm³/mol. The van der Waals surface area contributed by atoms with E-state index in [2.05, 4.69) is 5.32 Å². The van der Waals surface area contributed by atoms with Crippen LogP contribution in [0.3, 0.4) is 0 Å². The van der Waals surface area contributed by atoms with Gasteiger partial charge in [0.25, 0.3) is 0 Å². The van der Waals surface area contributed by atoms with Crippen molar-refractivity contribution in [1.29, 1.82) is 0 Å². The molecule has 0 aromatic carbocycles. The Kier molecular flexibility index (Phi) is 4.94. The number of hydrogen-bond donors (Lipinski definition) is 2. The van der Waals surface area contributed by atoms with Crippen molar-refractivity contribution in [3.8, 4) is 0 Å². The molecule has 2 unspecified atom stereocenters. The Morgan fingerprint density at radius 3 is 2.79 bits per heavy atom. The van der Waals surface area contributed by atoms with E-state index in [0.29, 0.717) is 18.9 Å². The number of carbonyl (C=O) groups excluding carboxylic acids is 1. The maximum Gasteiger partial charge on any atom is 0.219 e. The fourth-order valence-electron chi connectivity index (χ4n) is 2.05. The Morgan fingerprint density at radius 2 is 2.14 bits per heavy atom. The summed E-state index contributed by atoms with van der Waals surface area (Å²) in [6.07, 6.45) is 5.76. The van der Waals surface area contributed by atoms with Gasteiger partial charge in [-0.15, -0.1) is 0 Å². The summed E-state index contributed by atoms with van der Waals surface area (Å²) >= 11 is 0. The van der Waals surface area contributed by atoms with Crippen LogP contribution in [-0.2, 0) is 4.79 Å². The van der Waals surface area contributed by atoms with E-state index in [9.17, 15) is 9.90 Å². The van der Waals surface area contributed by atoms with Crippen LogP contribution in [0.1, 0.15) is 45.4 Å². The molecule has 3 heteroatoms. The number of aliphatic hydroxyl groups excluding tert-OH is 1. The van der Waals surface area contributed by atoms with Crippen molar-refractivity contribution >= 4 is 5.91 Å². The van der Waals surface area contributed by atoms with E-state index in [0.717, 1.165) is 25.7 Å². The van der Waals surface area contributed by atoms with Gasteiger partial charge in [0.2, 0.25) is 5.91 Å². The van der Waals surface area contributed by atoms with Gasteiger partial charge in [0, 0.05) is 13.0 Å². The first-order chi connectivity index (χ1) is 6.74. The van der Waals surface area contributed by atoms with Crippen LogP contribution in [0.25, 0.3) is 0 Å². The van der Waals surface area contributed by atoms with Crippen molar-refractivity contribution in [2.45, 2.75) is 51.6 Å². The molecular formula is C11H21NO2. The first kappa shape index (κ1) is 11.5. The van der Waals surface area contributed by atoms with Gasteiger partial charge in [-0.2, -0.15) is 0 Å². The highest BCUT2D eigenvalue weighted by atomic mass is 16.3. The van der Waals surface area contributed by atoms with Gasteiger partial charge < -0.3 is 10.4 Å². The molecule has 1 saturated carbocycles. The van der Waals surface area contributed by atoms with Gasteiger partial charge in [-0.05, 0) is 25.2 Å². The number of rotatable bonds is 4. The molecule has 2 N–H and O–H groups in total. The average molecular weight is 199 g/mol. The summed E-state index contributed by atoms with van der Waals surface area (Å²) in [5, 5.41) is 12.5. The molecule has 0 heterocycles. The van der Waals surface area contributed by atoms with Crippen molar-refractivity contribution in [3.63, 3.8) is 0 Å². The first-order valence-electron chi connectivity index (χ1n) is 5.68. The smallest absolute Gasteiger partial charge is 0.219 e. The quantitative estimate of drug-likeness (QED) is 0.720. The Bertz CT molecular complexity index is 182. The molecule has 0 aliphatic heterocycles. The van der Waals surface area contributed by atoms with Gasteiger partial charge in [0.1, 0.15) is 0 Å². The number of nitrogens with one attached hydrogen (secondary N) is 1. The van der Waals surface area contributed by atoms with Gasteiger partial charge in [0.15, 0.2) is 0 Å². The van der Waals surface area contributed by atoms with Crippen LogP contribution in [0.5, 0.6) is 0 Å². The number of carbonyl (C=O) groups is 1. The highest BCUT2D eigenvalue weighted by molar-refractivity contribution is 5.75. The van der Waals surface area contributed by atoms with Gasteiger partial charge in [-0.1, -0.05) is 19.8 Å². The third kappa shape index (κ3) is 3.66. The molecule has 0 spiro atoms. The fourth-order valence-corrected chi connectivity index (χ4v) is 2.05. The van der Waals surface area contributed by atoms with Crippen LogP contribution in [0.2, 0.25) is 0 Å². The van der Waals surface area contributed by atoms with E-state index in [-0.39, 0.29) is 12.0 Å². The Labute approximate surface area is 85.9 Å². The van der Waals surface area contributed by atoms with Crippen LogP contribution in [0.15, 0.2) is 0 Å². The van der Waals surface area contributed by atoms with E-state index in [1.807, 2.05) is 6.92 Å². The SMILES string of the molecule is CCC(=O)NCCC1CCCCC1O. The maximum absolute atomic E-state index is 11.0. The zero-order valence-corrected chi connectivity index (χ0v) is 8.96. The van der Waals surface area contributed by atoms with E-state index in [1.165, 1.54) is 6.42 Å². The minimum atomic E-state index is -0.137. The third-order valence-corrected chi connectivity index (χ3v) is 3.03. The van der Waals surface area contributed by atoms with Crippen LogP contribution in [0.4, 0.5) is 0 Å². The molecule has 1 rings (SSSR count). The molecular weight excluding hydrogens is 178 g/mol. The van der Waals surface area contributed by atoms with E-state index < -0.39 is 0 Å². The second-order valence-corrected chi connectivity index (χ2v) is 4.10. The lowest BCUT2D eigenvalue weighted by molar-refractivity contribution is -0.120. The minimum absolute atomic E-state index is 0.107. The summed E-state index contributed by atoms with van der Waals surface area (Å²) in [6.45, 7) is 2.57. The van der Waals surface area contributed by atoms with Gasteiger partial charge in [-0.3, -0.25) is 4.79 Å². The van der Waals surface area contributed by atoms with Crippen molar-refractivity contribution in [2.24, 2.45) is 5.92 Å². The predicted octanol–water partition coefficient (Wildman–Crippen LogP) is 1.45. The third-order valence-electron chi connectivity index (χ3n) is 3.03. The summed E-state index contributed by atoms with van der Waals surface area (Å²) in [5.41, 5.74) is 0. The zero-order valence-electron chi connectivity index (χ0n) is 8.96. The van der Waals surface area contributed by atoms with Crippen molar-refractivity contribution in [1.82, 2.24) is 5.32 Å². The van der Waals surface area contributed by atoms with Gasteiger partial charge >= 0.3 is 0 Å². The molecule has 0 bridgehead atoms. The summed E-state index contributed by atoms with van der Waals surface area (Å²) in [4.78, 5) is 11.0. The molecule has 2 atom stereocenters. The van der Waals surface area contributed by atoms with Crippen LogP contribution < -0.4 is 5.32 Å². The van der Waals surface area contributed by atoms with Gasteiger partial charge in [0.05, 0.1) is 6.10 Å². The van der Waals surface area contributed by atoms with Crippen molar-refractivity contribution in [2.75, 3.05) is 6.54 Å². The standard InChI is InChI=1S/C11H21NO2/c1-2-11(14)12-8-7-9-5-3-4-6-10(9)13/h9-10,13H,2-8H2,1H3,(H,12,14).